The van der Waals surface area contributed by atoms with E-state index in [0.29, 0.717) is 12.5 Å². The molecule has 1 aliphatic heterocycles. The van der Waals surface area contributed by atoms with Crippen molar-refractivity contribution >= 4 is 17.9 Å². The quantitative estimate of drug-likeness (QED) is 0.497. The number of urea groups is 1. The Bertz CT molecular complexity index is 388. The van der Waals surface area contributed by atoms with Crippen LogP contribution in [0.15, 0.2) is 0 Å². The van der Waals surface area contributed by atoms with Crippen molar-refractivity contribution in [2.24, 2.45) is 11.7 Å². The largest absolute Gasteiger partial charge is 0.480 e. The van der Waals surface area contributed by atoms with Gasteiger partial charge in [-0.1, -0.05) is 0 Å². The number of nitrogens with two attached hydrogens (primary N) is 1. The Balaban J connectivity index is 2.32. The van der Waals surface area contributed by atoms with Gasteiger partial charge < -0.3 is 26.4 Å². The van der Waals surface area contributed by atoms with Gasteiger partial charge in [0.2, 0.25) is 5.91 Å². The molecule has 3 amide bonds. The van der Waals surface area contributed by atoms with Crippen LogP contribution in [0.2, 0.25) is 0 Å². The van der Waals surface area contributed by atoms with E-state index in [1.807, 2.05) is 7.05 Å². The van der Waals surface area contributed by atoms with E-state index in [4.69, 9.17) is 10.8 Å². The molecule has 0 saturated carbocycles. The van der Waals surface area contributed by atoms with Crippen molar-refractivity contribution in [3.8, 4) is 0 Å². The third kappa shape index (κ3) is 6.94. The second-order valence-electron chi connectivity index (χ2n) is 5.52. The predicted octanol–water partition coefficient (Wildman–Crippen LogP) is -0.654. The summed E-state index contributed by atoms with van der Waals surface area (Å²) in [6, 6.07) is -1.63. The molecule has 1 aliphatic rings. The minimum absolute atomic E-state index is 0.00967. The van der Waals surface area contributed by atoms with Crippen LogP contribution in [-0.4, -0.2) is 60.6 Å². The lowest BCUT2D eigenvalue weighted by molar-refractivity contribution is -0.139. The lowest BCUT2D eigenvalue weighted by atomic mass is 9.99. The van der Waals surface area contributed by atoms with Gasteiger partial charge in [-0.3, -0.25) is 4.79 Å². The number of hydrogen-bond acceptors (Lipinski definition) is 4. The number of carbonyl (C=O) groups is 3. The summed E-state index contributed by atoms with van der Waals surface area (Å²) in [5.41, 5.74) is 4.98. The van der Waals surface area contributed by atoms with Gasteiger partial charge in [-0.25, -0.2) is 9.59 Å². The highest BCUT2D eigenvalue weighted by Gasteiger charge is 2.22. The molecule has 0 aromatic heterocycles. The molecule has 0 aromatic carbocycles. The summed E-state index contributed by atoms with van der Waals surface area (Å²) in [5.74, 6) is -1.39. The van der Waals surface area contributed by atoms with Crippen LogP contribution in [0.5, 0.6) is 0 Å². The molecule has 5 N–H and O–H groups in total. The van der Waals surface area contributed by atoms with Crippen molar-refractivity contribution in [1.29, 1.82) is 0 Å². The molecule has 0 aromatic rings. The number of carbonyl (C=O) groups excluding carboxylic acids is 2. The highest BCUT2D eigenvalue weighted by molar-refractivity contribution is 5.83. The summed E-state index contributed by atoms with van der Waals surface area (Å²) in [6.07, 6.45) is 2.06. The highest BCUT2D eigenvalue weighted by atomic mass is 16.4. The number of nitrogens with one attached hydrogen (secondary N) is 2. The summed E-state index contributed by atoms with van der Waals surface area (Å²) < 4.78 is 0. The minimum Gasteiger partial charge on any atom is -0.480 e. The lowest BCUT2D eigenvalue weighted by Gasteiger charge is -2.29. The fraction of sp³-hybridized carbons (Fsp3) is 0.769. The van der Waals surface area contributed by atoms with Crippen molar-refractivity contribution in [3.63, 3.8) is 0 Å². The molecule has 8 heteroatoms. The van der Waals surface area contributed by atoms with Crippen LogP contribution in [0.25, 0.3) is 0 Å². The molecule has 1 fully saturated rings. The third-order valence-electron chi connectivity index (χ3n) is 3.56. The molecule has 0 spiro atoms. The highest BCUT2D eigenvalue weighted by Crippen LogP contribution is 2.13. The SMILES string of the molecule is CN1CCCC(CNC(=O)N[C@H](CCC(N)=O)C(=O)O)C1. The van der Waals surface area contributed by atoms with Gasteiger partial charge in [0, 0.05) is 19.5 Å². The van der Waals surface area contributed by atoms with Crippen molar-refractivity contribution in [3.05, 3.63) is 0 Å². The maximum atomic E-state index is 11.7. The summed E-state index contributed by atoms with van der Waals surface area (Å²) in [4.78, 5) is 35.6. The molecule has 1 saturated heterocycles. The van der Waals surface area contributed by atoms with Gasteiger partial charge >= 0.3 is 12.0 Å². The molecule has 120 valence electrons. The maximum Gasteiger partial charge on any atom is 0.326 e. The van der Waals surface area contributed by atoms with Gasteiger partial charge in [0.25, 0.3) is 0 Å². The second kappa shape index (κ2) is 8.46. The van der Waals surface area contributed by atoms with Crippen LogP contribution in [0.3, 0.4) is 0 Å². The Morgan fingerprint density at radius 2 is 2.14 bits per heavy atom. The van der Waals surface area contributed by atoms with Crippen molar-refractivity contribution < 1.29 is 19.5 Å². The second-order valence-corrected chi connectivity index (χ2v) is 5.52. The average molecular weight is 300 g/mol. The number of likely N-dealkylation sites (tertiary alicyclic amines) is 1. The first-order chi connectivity index (χ1) is 9.88. The monoisotopic (exact) mass is 300 g/mol. The zero-order chi connectivity index (χ0) is 15.8. The molecule has 1 rings (SSSR count). The number of nitrogens with zero attached hydrogens (tertiary/aromatic N) is 1. The van der Waals surface area contributed by atoms with Gasteiger partial charge in [-0.2, -0.15) is 0 Å². The van der Waals surface area contributed by atoms with Crippen LogP contribution < -0.4 is 16.4 Å². The fourth-order valence-electron chi connectivity index (χ4n) is 2.43. The maximum absolute atomic E-state index is 11.7. The van der Waals surface area contributed by atoms with E-state index in [-0.39, 0.29) is 12.8 Å². The topological polar surface area (TPSA) is 125 Å². The van der Waals surface area contributed by atoms with Crippen molar-refractivity contribution in [2.75, 3.05) is 26.7 Å². The number of amides is 3. The lowest BCUT2D eigenvalue weighted by Crippen LogP contribution is -2.48. The minimum atomic E-state index is -1.18. The van der Waals surface area contributed by atoms with E-state index in [1.165, 1.54) is 0 Å². The average Bonchev–Trinajstić information content (AvgIpc) is 2.40. The van der Waals surface area contributed by atoms with Crippen LogP contribution in [0.4, 0.5) is 4.79 Å². The van der Waals surface area contributed by atoms with Crippen LogP contribution in [0.1, 0.15) is 25.7 Å². The number of carboxylic acids is 1. The number of aliphatic carboxylic acids is 1. The molecule has 2 atom stereocenters. The zero-order valence-electron chi connectivity index (χ0n) is 12.3. The van der Waals surface area contributed by atoms with Crippen LogP contribution >= 0.6 is 0 Å². The summed E-state index contributed by atoms with van der Waals surface area (Å²) in [7, 11) is 2.04. The molecule has 21 heavy (non-hydrogen) atoms. The zero-order valence-corrected chi connectivity index (χ0v) is 12.3. The van der Waals surface area contributed by atoms with Crippen LogP contribution in [-0.2, 0) is 9.59 Å². The number of hydrogen-bond donors (Lipinski definition) is 4. The molecular weight excluding hydrogens is 276 g/mol. The summed E-state index contributed by atoms with van der Waals surface area (Å²) in [6.45, 7) is 2.50. The van der Waals surface area contributed by atoms with Gasteiger partial charge in [0.15, 0.2) is 0 Å². The van der Waals surface area contributed by atoms with E-state index in [0.717, 1.165) is 25.9 Å². The van der Waals surface area contributed by atoms with E-state index in [1.54, 1.807) is 0 Å². The normalized spacial score (nSPS) is 20.5. The Kier molecular flexibility index (Phi) is 6.93. The Hall–Kier alpha value is -1.83. The Labute approximate surface area is 124 Å². The molecule has 1 heterocycles. The molecule has 8 nitrogen and oxygen atoms in total. The van der Waals surface area contributed by atoms with Gasteiger partial charge in [0.05, 0.1) is 0 Å². The van der Waals surface area contributed by atoms with E-state index >= 15 is 0 Å². The fourth-order valence-corrected chi connectivity index (χ4v) is 2.43. The number of piperidine rings is 1. The summed E-state index contributed by atoms with van der Waals surface area (Å²) >= 11 is 0. The van der Waals surface area contributed by atoms with Gasteiger partial charge in [0.1, 0.15) is 6.04 Å². The number of carboxylic acid groups (broad SMARTS) is 1. The third-order valence-corrected chi connectivity index (χ3v) is 3.56. The number of primary amides is 1. The van der Waals surface area contributed by atoms with Crippen LogP contribution in [0, 0.1) is 5.92 Å². The van der Waals surface area contributed by atoms with Crippen molar-refractivity contribution in [1.82, 2.24) is 15.5 Å². The standard InChI is InChI=1S/C13H24N4O4/c1-17-6-2-3-9(8-17)7-15-13(21)16-10(12(19)20)4-5-11(14)18/h9-10H,2-8H2,1H3,(H2,14,18)(H,19,20)(H2,15,16,21)/t9?,10-/m1/s1. The number of rotatable bonds is 7. The van der Waals surface area contributed by atoms with Gasteiger partial charge in [-0.15, -0.1) is 0 Å². The van der Waals surface area contributed by atoms with E-state index in [9.17, 15) is 14.4 Å². The van der Waals surface area contributed by atoms with Gasteiger partial charge in [-0.05, 0) is 38.8 Å². The predicted molar refractivity (Wildman–Crippen MR) is 76.6 cm³/mol. The molecule has 0 bridgehead atoms. The molecule has 0 aliphatic carbocycles. The first-order valence-electron chi connectivity index (χ1n) is 7.12. The molecular formula is C13H24N4O4. The first-order valence-corrected chi connectivity index (χ1v) is 7.12. The molecule has 0 radical (unpaired) electrons. The Morgan fingerprint density at radius 1 is 1.43 bits per heavy atom. The van der Waals surface area contributed by atoms with E-state index in [2.05, 4.69) is 15.5 Å². The van der Waals surface area contributed by atoms with Crippen molar-refractivity contribution in [2.45, 2.75) is 31.7 Å². The first kappa shape index (κ1) is 17.2. The molecule has 1 unspecified atom stereocenters. The Morgan fingerprint density at radius 3 is 2.71 bits per heavy atom. The smallest absolute Gasteiger partial charge is 0.326 e. The summed E-state index contributed by atoms with van der Waals surface area (Å²) in [5, 5.41) is 14.0. The van der Waals surface area contributed by atoms with E-state index < -0.39 is 23.9 Å².